The van der Waals surface area contributed by atoms with Crippen molar-refractivity contribution in [3.63, 3.8) is 0 Å². The van der Waals surface area contributed by atoms with E-state index in [0.717, 1.165) is 27.6 Å². The molecule has 7 nitrogen and oxygen atoms in total. The fraction of sp³-hybridized carbons (Fsp3) is 0.0714. The van der Waals surface area contributed by atoms with Gasteiger partial charge in [-0.1, -0.05) is 83.5 Å². The number of halogens is 1. The normalized spacial score (nSPS) is 11.3. The third-order valence-corrected chi connectivity index (χ3v) is 6.87. The van der Waals surface area contributed by atoms with Crippen molar-refractivity contribution in [1.82, 2.24) is 20.2 Å². The van der Waals surface area contributed by atoms with E-state index in [9.17, 15) is 9.90 Å². The second-order valence-corrected chi connectivity index (χ2v) is 9.66. The Labute approximate surface area is 222 Å². The van der Waals surface area contributed by atoms with E-state index in [-0.39, 0.29) is 17.4 Å². The van der Waals surface area contributed by atoms with Crippen LogP contribution in [0.25, 0.3) is 27.8 Å². The number of carbonyl (C=O) groups is 1. The van der Waals surface area contributed by atoms with Crippen molar-refractivity contribution in [2.24, 2.45) is 5.10 Å². The molecule has 1 amide bonds. The number of thioether (sulfide) groups is 1. The highest BCUT2D eigenvalue weighted by molar-refractivity contribution is 7.99. The fourth-order valence-corrected chi connectivity index (χ4v) is 4.70. The van der Waals surface area contributed by atoms with Crippen LogP contribution in [0.4, 0.5) is 0 Å². The summed E-state index contributed by atoms with van der Waals surface area (Å²) in [6.45, 7) is 2.03. The van der Waals surface area contributed by atoms with Gasteiger partial charge in [-0.05, 0) is 48.0 Å². The molecule has 4 aromatic carbocycles. The number of phenols is 1. The summed E-state index contributed by atoms with van der Waals surface area (Å²) in [6, 6.07) is 26.5. The molecule has 0 radical (unpaired) electrons. The van der Waals surface area contributed by atoms with Gasteiger partial charge in [-0.3, -0.25) is 9.36 Å². The lowest BCUT2D eigenvalue weighted by molar-refractivity contribution is -0.118. The lowest BCUT2D eigenvalue weighted by Crippen LogP contribution is -2.20. The molecular formula is C28H22ClN5O2S. The molecule has 5 rings (SSSR count). The van der Waals surface area contributed by atoms with Crippen LogP contribution < -0.4 is 5.43 Å². The van der Waals surface area contributed by atoms with Crippen molar-refractivity contribution in [2.45, 2.75) is 12.1 Å². The summed E-state index contributed by atoms with van der Waals surface area (Å²) in [6.07, 6.45) is 1.45. The molecule has 0 saturated carbocycles. The van der Waals surface area contributed by atoms with E-state index in [1.54, 1.807) is 18.2 Å². The molecule has 184 valence electrons. The zero-order chi connectivity index (χ0) is 25.8. The predicted octanol–water partition coefficient (Wildman–Crippen LogP) is 6.00. The maximum atomic E-state index is 12.6. The number of aromatic hydroxyl groups is 1. The van der Waals surface area contributed by atoms with Crippen molar-refractivity contribution in [3.05, 3.63) is 101 Å². The number of hydrazone groups is 1. The Morgan fingerprint density at radius 3 is 2.57 bits per heavy atom. The zero-order valence-electron chi connectivity index (χ0n) is 19.8. The van der Waals surface area contributed by atoms with Crippen LogP contribution in [-0.4, -0.2) is 37.7 Å². The van der Waals surface area contributed by atoms with E-state index < -0.39 is 0 Å². The number of carbonyl (C=O) groups excluding carboxylic acids is 1. The van der Waals surface area contributed by atoms with Gasteiger partial charge in [0, 0.05) is 21.8 Å². The van der Waals surface area contributed by atoms with Crippen LogP contribution in [0.1, 0.15) is 11.1 Å². The van der Waals surface area contributed by atoms with Gasteiger partial charge < -0.3 is 5.11 Å². The minimum atomic E-state index is -0.316. The summed E-state index contributed by atoms with van der Waals surface area (Å²) in [5.74, 6) is 0.502. The van der Waals surface area contributed by atoms with Crippen molar-refractivity contribution >= 4 is 46.3 Å². The lowest BCUT2D eigenvalue weighted by atomic mass is 10.0. The standard InChI is InChI=1S/C28H22ClN5O2S/c1-18-6-8-20(9-7-18)27-32-33-28(34(27)22-13-11-21(29)12-14-22)37-17-26(36)31-30-16-24-23-5-3-2-4-19(23)10-15-25(24)35/h2-16,35H,17H2,1H3,(H,31,36). The molecule has 37 heavy (non-hydrogen) atoms. The molecular weight excluding hydrogens is 506 g/mol. The van der Waals surface area contributed by atoms with Crippen LogP contribution in [0.15, 0.2) is 95.2 Å². The average molecular weight is 528 g/mol. The Hall–Kier alpha value is -4.14. The molecule has 0 aliphatic heterocycles. The number of aromatic nitrogens is 3. The molecule has 0 aliphatic carbocycles. The molecule has 9 heteroatoms. The molecule has 0 saturated heterocycles. The number of fused-ring (bicyclic) bond motifs is 1. The van der Waals surface area contributed by atoms with E-state index in [2.05, 4.69) is 20.7 Å². The first-order valence-electron chi connectivity index (χ1n) is 11.4. The molecule has 0 aliphatic rings. The minimum Gasteiger partial charge on any atom is -0.507 e. The third kappa shape index (κ3) is 5.50. The maximum Gasteiger partial charge on any atom is 0.250 e. The summed E-state index contributed by atoms with van der Waals surface area (Å²) in [5, 5.41) is 26.1. The second-order valence-electron chi connectivity index (χ2n) is 8.29. The Bertz CT molecular complexity index is 1600. The summed E-state index contributed by atoms with van der Waals surface area (Å²) >= 11 is 7.34. The minimum absolute atomic E-state index is 0.0679. The Balaban J connectivity index is 1.34. The number of phenolic OH excluding ortho intramolecular Hbond substituents is 1. The monoisotopic (exact) mass is 527 g/mol. The first-order valence-corrected chi connectivity index (χ1v) is 12.8. The molecule has 0 bridgehead atoms. The summed E-state index contributed by atoms with van der Waals surface area (Å²) in [5.41, 5.74) is 5.95. The highest BCUT2D eigenvalue weighted by atomic mass is 35.5. The van der Waals surface area contributed by atoms with Gasteiger partial charge in [-0.2, -0.15) is 5.10 Å². The topological polar surface area (TPSA) is 92.4 Å². The van der Waals surface area contributed by atoms with E-state index in [1.807, 2.05) is 78.2 Å². The van der Waals surface area contributed by atoms with E-state index >= 15 is 0 Å². The smallest absolute Gasteiger partial charge is 0.250 e. The van der Waals surface area contributed by atoms with E-state index in [0.29, 0.717) is 21.6 Å². The number of rotatable bonds is 7. The molecule has 2 N–H and O–H groups in total. The highest BCUT2D eigenvalue weighted by Crippen LogP contribution is 2.29. The van der Waals surface area contributed by atoms with Crippen molar-refractivity contribution in [3.8, 4) is 22.8 Å². The van der Waals surface area contributed by atoms with Gasteiger partial charge in [0.2, 0.25) is 0 Å². The summed E-state index contributed by atoms with van der Waals surface area (Å²) in [4.78, 5) is 12.6. The number of benzene rings is 4. The maximum absolute atomic E-state index is 12.6. The van der Waals surface area contributed by atoms with E-state index in [4.69, 9.17) is 11.6 Å². The van der Waals surface area contributed by atoms with Crippen molar-refractivity contribution in [2.75, 3.05) is 5.75 Å². The number of amides is 1. The van der Waals surface area contributed by atoms with Crippen molar-refractivity contribution < 1.29 is 9.90 Å². The average Bonchev–Trinajstić information content (AvgIpc) is 3.33. The zero-order valence-corrected chi connectivity index (χ0v) is 21.4. The Kier molecular flexibility index (Phi) is 7.20. The SMILES string of the molecule is Cc1ccc(-c2nnc(SCC(=O)NN=Cc3c(O)ccc4ccccc34)n2-c2ccc(Cl)cc2)cc1. The molecule has 0 spiro atoms. The van der Waals surface area contributed by atoms with E-state index in [1.165, 1.54) is 18.0 Å². The quantitative estimate of drug-likeness (QED) is 0.154. The Morgan fingerprint density at radius 1 is 1.03 bits per heavy atom. The molecule has 0 fully saturated rings. The number of hydrogen-bond donors (Lipinski definition) is 2. The van der Waals surface area contributed by atoms with Crippen LogP contribution in [-0.2, 0) is 4.79 Å². The van der Waals surface area contributed by atoms with Crippen LogP contribution >= 0.6 is 23.4 Å². The third-order valence-electron chi connectivity index (χ3n) is 5.69. The van der Waals surface area contributed by atoms with Crippen LogP contribution in [0, 0.1) is 6.92 Å². The number of nitrogens with one attached hydrogen (secondary N) is 1. The first kappa shape index (κ1) is 24.5. The Morgan fingerprint density at radius 2 is 1.78 bits per heavy atom. The van der Waals surface area contributed by atoms with Gasteiger partial charge in [0.25, 0.3) is 5.91 Å². The van der Waals surface area contributed by atoms with Crippen molar-refractivity contribution in [1.29, 1.82) is 0 Å². The number of hydrogen-bond acceptors (Lipinski definition) is 6. The molecule has 1 heterocycles. The van der Waals surface area contributed by atoms with Crippen LogP contribution in [0.5, 0.6) is 5.75 Å². The van der Waals surface area contributed by atoms with Gasteiger partial charge in [-0.25, -0.2) is 5.43 Å². The highest BCUT2D eigenvalue weighted by Gasteiger charge is 2.17. The molecule has 0 atom stereocenters. The number of nitrogens with zero attached hydrogens (tertiary/aromatic N) is 4. The van der Waals surface area contributed by atoms with Gasteiger partial charge in [0.15, 0.2) is 11.0 Å². The first-order chi connectivity index (χ1) is 18.0. The van der Waals surface area contributed by atoms with Crippen LogP contribution in [0.2, 0.25) is 5.02 Å². The molecule has 1 aromatic heterocycles. The fourth-order valence-electron chi connectivity index (χ4n) is 3.83. The van der Waals surface area contributed by atoms with Gasteiger partial charge >= 0.3 is 0 Å². The van der Waals surface area contributed by atoms with Gasteiger partial charge in [0.05, 0.1) is 12.0 Å². The summed E-state index contributed by atoms with van der Waals surface area (Å²) < 4.78 is 1.90. The van der Waals surface area contributed by atoms with Gasteiger partial charge in [0.1, 0.15) is 5.75 Å². The molecule has 0 unspecified atom stereocenters. The lowest BCUT2D eigenvalue weighted by Gasteiger charge is -2.10. The van der Waals surface area contributed by atoms with Crippen LogP contribution in [0.3, 0.4) is 0 Å². The number of aryl methyl sites for hydroxylation is 1. The largest absolute Gasteiger partial charge is 0.507 e. The predicted molar refractivity (Wildman–Crippen MR) is 149 cm³/mol. The second kappa shape index (κ2) is 10.9. The summed E-state index contributed by atoms with van der Waals surface area (Å²) in [7, 11) is 0. The molecule has 5 aromatic rings. The van der Waals surface area contributed by atoms with Gasteiger partial charge in [-0.15, -0.1) is 10.2 Å².